The number of benzene rings is 4. The Kier molecular flexibility index (Phi) is 4.77. The zero-order valence-corrected chi connectivity index (χ0v) is 18.1. The van der Waals surface area contributed by atoms with Crippen molar-refractivity contribution in [1.29, 1.82) is 0 Å². The van der Waals surface area contributed by atoms with Gasteiger partial charge in [0.15, 0.2) is 5.78 Å². The molecule has 0 fully saturated rings. The summed E-state index contributed by atoms with van der Waals surface area (Å²) in [6.07, 6.45) is 8.28. The molecule has 4 aromatic rings. The topological polar surface area (TPSA) is 20.3 Å². The molecule has 0 aromatic heterocycles. The van der Waals surface area contributed by atoms with Crippen LogP contribution in [0.1, 0.15) is 21.8 Å². The Bertz CT molecular complexity index is 1400. The molecule has 0 saturated carbocycles. The van der Waals surface area contributed by atoms with Gasteiger partial charge < -0.3 is 4.90 Å². The molecule has 0 bridgehead atoms. The van der Waals surface area contributed by atoms with Gasteiger partial charge in [-0.1, -0.05) is 103 Å². The highest BCUT2D eigenvalue weighted by Crippen LogP contribution is 2.47. The molecule has 0 spiro atoms. The van der Waals surface area contributed by atoms with E-state index in [-0.39, 0.29) is 17.6 Å². The van der Waals surface area contributed by atoms with Crippen molar-refractivity contribution >= 4 is 22.8 Å². The van der Waals surface area contributed by atoms with Crippen LogP contribution < -0.4 is 4.90 Å². The van der Waals surface area contributed by atoms with Gasteiger partial charge in [-0.2, -0.15) is 0 Å². The fourth-order valence-corrected chi connectivity index (χ4v) is 5.12. The second-order valence-corrected chi connectivity index (χ2v) is 8.48. The highest BCUT2D eigenvalue weighted by molar-refractivity contribution is 6.07. The number of carbonyl (C=O) groups excluding carboxylic acids is 1. The van der Waals surface area contributed by atoms with Crippen LogP contribution in [-0.2, 0) is 0 Å². The Hall–Kier alpha value is -4.17. The van der Waals surface area contributed by atoms with Crippen molar-refractivity contribution in [1.82, 2.24) is 0 Å². The van der Waals surface area contributed by atoms with Crippen molar-refractivity contribution in [3.8, 4) is 11.1 Å². The Balaban J connectivity index is 1.74. The van der Waals surface area contributed by atoms with Crippen LogP contribution in [0.5, 0.6) is 0 Å². The van der Waals surface area contributed by atoms with E-state index >= 15 is 0 Å². The van der Waals surface area contributed by atoms with Crippen molar-refractivity contribution in [3.63, 3.8) is 0 Å². The Morgan fingerprint density at radius 2 is 1.09 bits per heavy atom. The largest absolute Gasteiger partial charge is 0.310 e. The molecule has 4 aromatic carbocycles. The molecule has 1 aliphatic carbocycles. The smallest absolute Gasteiger partial charge is 0.171 e. The first-order valence-corrected chi connectivity index (χ1v) is 11.3. The second-order valence-electron chi connectivity index (χ2n) is 8.48. The van der Waals surface area contributed by atoms with Crippen LogP contribution >= 0.6 is 0 Å². The molecule has 1 aliphatic heterocycles. The predicted octanol–water partition coefficient (Wildman–Crippen LogP) is 7.85. The quantitative estimate of drug-likeness (QED) is 0.309. The maximum Gasteiger partial charge on any atom is 0.171 e. The van der Waals surface area contributed by atoms with Gasteiger partial charge in [0.2, 0.25) is 0 Å². The Labute approximate surface area is 194 Å². The van der Waals surface area contributed by atoms with Crippen LogP contribution in [-0.4, -0.2) is 5.78 Å². The third kappa shape index (κ3) is 3.23. The number of allylic oxidation sites excluding steroid dienone is 4. The highest BCUT2D eigenvalue weighted by atomic mass is 16.1. The van der Waals surface area contributed by atoms with E-state index in [0.717, 1.165) is 39.3 Å². The number of hydrogen-bond acceptors (Lipinski definition) is 2. The molecule has 33 heavy (non-hydrogen) atoms. The normalized spacial score (nSPS) is 18.7. The number of rotatable bonds is 1. The number of carbonyl (C=O) groups is 1. The summed E-state index contributed by atoms with van der Waals surface area (Å²) in [6, 6.07) is 35.4. The van der Waals surface area contributed by atoms with Crippen molar-refractivity contribution in [3.05, 3.63) is 139 Å². The Morgan fingerprint density at radius 3 is 1.88 bits per heavy atom. The molecule has 0 N–H and O–H groups in total. The van der Waals surface area contributed by atoms with E-state index in [9.17, 15) is 4.79 Å². The van der Waals surface area contributed by atoms with Gasteiger partial charge in [0.05, 0.1) is 11.6 Å². The van der Waals surface area contributed by atoms with Crippen LogP contribution in [0, 0.1) is 5.92 Å². The zero-order valence-electron chi connectivity index (χ0n) is 18.1. The van der Waals surface area contributed by atoms with Crippen LogP contribution in [0.2, 0.25) is 0 Å². The van der Waals surface area contributed by atoms with E-state index in [1.165, 1.54) is 0 Å². The lowest BCUT2D eigenvalue weighted by Crippen LogP contribution is -2.25. The van der Waals surface area contributed by atoms with E-state index in [4.69, 9.17) is 0 Å². The lowest BCUT2D eigenvalue weighted by Gasteiger charge is -2.34. The van der Waals surface area contributed by atoms with Gasteiger partial charge in [-0.15, -0.1) is 0 Å². The second kappa shape index (κ2) is 8.07. The van der Waals surface area contributed by atoms with Gasteiger partial charge in [-0.3, -0.25) is 4.79 Å². The molecule has 6 rings (SSSR count). The summed E-state index contributed by atoms with van der Waals surface area (Å²) in [5.74, 6) is -0.127. The minimum absolute atomic E-state index is 0.0387. The van der Waals surface area contributed by atoms with E-state index < -0.39 is 0 Å². The van der Waals surface area contributed by atoms with Crippen molar-refractivity contribution in [2.45, 2.75) is 5.92 Å². The molecule has 0 amide bonds. The average molecular weight is 426 g/mol. The summed E-state index contributed by atoms with van der Waals surface area (Å²) in [7, 11) is 0. The van der Waals surface area contributed by atoms with E-state index in [1.54, 1.807) is 0 Å². The van der Waals surface area contributed by atoms with Gasteiger partial charge in [0, 0.05) is 28.4 Å². The fraction of sp³-hybridized carbons (Fsp3) is 0.0645. The van der Waals surface area contributed by atoms with Gasteiger partial charge in [-0.05, 0) is 35.4 Å². The van der Waals surface area contributed by atoms with E-state index in [2.05, 4.69) is 95.9 Å². The van der Waals surface area contributed by atoms with Crippen LogP contribution in [0.4, 0.5) is 17.1 Å². The first kappa shape index (κ1) is 19.5. The summed E-state index contributed by atoms with van der Waals surface area (Å²) < 4.78 is 0. The summed E-state index contributed by atoms with van der Waals surface area (Å²) in [4.78, 5) is 16.3. The average Bonchev–Trinajstić information content (AvgIpc) is 2.89. The summed E-state index contributed by atoms with van der Waals surface area (Å²) in [6.45, 7) is 0. The molecule has 2 unspecified atom stereocenters. The number of ketones is 1. The first-order valence-electron chi connectivity index (χ1n) is 11.3. The monoisotopic (exact) mass is 425 g/mol. The van der Waals surface area contributed by atoms with Crippen molar-refractivity contribution in [2.24, 2.45) is 5.92 Å². The molecular weight excluding hydrogens is 402 g/mol. The SMILES string of the molecule is O=C1c2ccccc2-c2ccccc2N(c2ccccc2)c2ccccc2C2C=CC=CC12. The third-order valence-corrected chi connectivity index (χ3v) is 6.62. The molecule has 2 nitrogen and oxygen atoms in total. The fourth-order valence-electron chi connectivity index (χ4n) is 5.12. The zero-order chi connectivity index (χ0) is 22.2. The van der Waals surface area contributed by atoms with Gasteiger partial charge in [-0.25, -0.2) is 0 Å². The third-order valence-electron chi connectivity index (χ3n) is 6.62. The molecule has 158 valence electrons. The van der Waals surface area contributed by atoms with Crippen LogP contribution in [0.3, 0.4) is 0 Å². The molecule has 0 radical (unpaired) electrons. The number of para-hydroxylation sites is 3. The number of hydrogen-bond donors (Lipinski definition) is 0. The first-order chi connectivity index (χ1) is 16.3. The number of fused-ring (bicyclic) bond motifs is 6. The number of anilines is 3. The lowest BCUT2D eigenvalue weighted by atomic mass is 9.76. The lowest BCUT2D eigenvalue weighted by molar-refractivity contribution is 0.0937. The predicted molar refractivity (Wildman–Crippen MR) is 135 cm³/mol. The van der Waals surface area contributed by atoms with Crippen molar-refractivity contribution in [2.75, 3.05) is 4.90 Å². The molecule has 0 saturated heterocycles. The maximum absolute atomic E-state index is 14.0. The summed E-state index contributed by atoms with van der Waals surface area (Å²) in [5, 5.41) is 0. The molecular formula is C31H23NO. The maximum atomic E-state index is 14.0. The molecule has 2 atom stereocenters. The highest BCUT2D eigenvalue weighted by Gasteiger charge is 2.33. The minimum Gasteiger partial charge on any atom is -0.310 e. The molecule has 2 heteroatoms. The van der Waals surface area contributed by atoms with Gasteiger partial charge in [0.1, 0.15) is 0 Å². The summed E-state index contributed by atoms with van der Waals surface area (Å²) in [5.41, 5.74) is 7.19. The minimum atomic E-state index is -0.250. The van der Waals surface area contributed by atoms with Crippen LogP contribution in [0.15, 0.2) is 127 Å². The summed E-state index contributed by atoms with van der Waals surface area (Å²) >= 11 is 0. The van der Waals surface area contributed by atoms with E-state index in [1.807, 2.05) is 36.4 Å². The molecule has 2 aliphatic rings. The number of Topliss-reactive ketones (excluding diaryl/α,β-unsaturated/α-hetero) is 1. The van der Waals surface area contributed by atoms with E-state index in [0.29, 0.717) is 0 Å². The van der Waals surface area contributed by atoms with Gasteiger partial charge >= 0.3 is 0 Å². The van der Waals surface area contributed by atoms with Crippen LogP contribution in [0.25, 0.3) is 11.1 Å². The van der Waals surface area contributed by atoms with Crippen molar-refractivity contribution < 1.29 is 4.79 Å². The standard InChI is InChI=1S/C31H23NO/c33-31-27-18-6-4-14-23(27)25-16-8-10-20-29(25)32(22-12-2-1-3-13-22)30-21-11-9-17-26(30)24-15-5-7-19-28(24)31/h1-21,23,27H. The number of nitrogens with zero attached hydrogens (tertiary/aromatic N) is 1. The molecule has 1 heterocycles. The Morgan fingerprint density at radius 1 is 0.515 bits per heavy atom. The van der Waals surface area contributed by atoms with Gasteiger partial charge in [0.25, 0.3) is 0 Å².